The molecule has 0 saturated carbocycles. The highest BCUT2D eigenvalue weighted by molar-refractivity contribution is 6.31. The lowest BCUT2D eigenvalue weighted by atomic mass is 10.1. The summed E-state index contributed by atoms with van der Waals surface area (Å²) < 4.78 is 11.2. The van der Waals surface area contributed by atoms with E-state index in [0.717, 1.165) is 0 Å². The lowest BCUT2D eigenvalue weighted by Gasteiger charge is -2.36. The number of hydrogen-bond acceptors (Lipinski definition) is 4. The van der Waals surface area contributed by atoms with Crippen molar-refractivity contribution in [2.75, 3.05) is 16.8 Å². The van der Waals surface area contributed by atoms with Crippen LogP contribution in [0.15, 0.2) is 42.5 Å². The summed E-state index contributed by atoms with van der Waals surface area (Å²) in [7, 11) is 0. The summed E-state index contributed by atoms with van der Waals surface area (Å²) in [5.41, 5.74) is 1.03. The first kappa shape index (κ1) is 19.0. The number of para-hydroxylation sites is 2. The summed E-state index contributed by atoms with van der Waals surface area (Å²) >= 11 is 6.09. The SMILES string of the molecule is CCOc1ccccc1NC(=O)C(C)N1C(=O)C(C)Oc2ccc(Cl)cc21. The first-order valence-corrected chi connectivity index (χ1v) is 9.12. The third-order valence-electron chi connectivity index (χ3n) is 4.28. The molecule has 0 spiro atoms. The molecule has 2 aromatic rings. The van der Waals surface area contributed by atoms with Crippen molar-refractivity contribution in [3.8, 4) is 11.5 Å². The molecule has 6 nitrogen and oxygen atoms in total. The molecule has 0 aliphatic carbocycles. The molecule has 0 bridgehead atoms. The predicted octanol–water partition coefficient (Wildman–Crippen LogP) is 3.88. The molecule has 1 aliphatic rings. The number of carbonyl (C=O) groups is 2. The standard InChI is InChI=1S/C20H21ClN2O4/c1-4-26-17-8-6-5-7-15(17)22-19(24)12(2)23-16-11-14(21)9-10-18(16)27-13(3)20(23)25/h5-13H,4H2,1-3H3,(H,22,24). The minimum absolute atomic E-state index is 0.300. The first-order valence-electron chi connectivity index (χ1n) is 8.74. The maximum Gasteiger partial charge on any atom is 0.268 e. The molecule has 0 aromatic heterocycles. The van der Waals surface area contributed by atoms with Gasteiger partial charge in [0.25, 0.3) is 5.91 Å². The maximum atomic E-state index is 12.9. The second kappa shape index (κ2) is 7.88. The van der Waals surface area contributed by atoms with Gasteiger partial charge in [-0.15, -0.1) is 0 Å². The number of anilines is 2. The zero-order valence-electron chi connectivity index (χ0n) is 15.4. The highest BCUT2D eigenvalue weighted by Gasteiger charge is 2.37. The van der Waals surface area contributed by atoms with Gasteiger partial charge in [0.1, 0.15) is 17.5 Å². The van der Waals surface area contributed by atoms with Crippen LogP contribution >= 0.6 is 11.6 Å². The maximum absolute atomic E-state index is 12.9. The van der Waals surface area contributed by atoms with E-state index in [1.165, 1.54) is 4.90 Å². The highest BCUT2D eigenvalue weighted by Crippen LogP contribution is 2.37. The molecule has 2 amide bonds. The number of nitrogens with one attached hydrogen (secondary N) is 1. The summed E-state index contributed by atoms with van der Waals surface area (Å²) in [6, 6.07) is 11.4. The van der Waals surface area contributed by atoms with E-state index in [1.807, 2.05) is 13.0 Å². The molecule has 1 aliphatic heterocycles. The van der Waals surface area contributed by atoms with Gasteiger partial charge in [-0.3, -0.25) is 14.5 Å². The minimum atomic E-state index is -0.768. The van der Waals surface area contributed by atoms with Crippen LogP contribution in [-0.4, -0.2) is 30.6 Å². The lowest BCUT2D eigenvalue weighted by Crippen LogP contribution is -2.52. The molecular weight excluding hydrogens is 368 g/mol. The molecule has 3 rings (SSSR count). The predicted molar refractivity (Wildman–Crippen MR) is 105 cm³/mol. The monoisotopic (exact) mass is 388 g/mol. The van der Waals surface area contributed by atoms with Crippen LogP contribution in [0.4, 0.5) is 11.4 Å². The lowest BCUT2D eigenvalue weighted by molar-refractivity contribution is -0.128. The van der Waals surface area contributed by atoms with E-state index in [9.17, 15) is 9.59 Å². The average Bonchev–Trinajstić information content (AvgIpc) is 2.64. The third kappa shape index (κ3) is 3.85. The second-order valence-corrected chi connectivity index (χ2v) is 6.61. The smallest absolute Gasteiger partial charge is 0.268 e. The van der Waals surface area contributed by atoms with Crippen molar-refractivity contribution in [1.29, 1.82) is 0 Å². The van der Waals surface area contributed by atoms with Crippen LogP contribution in [0.25, 0.3) is 0 Å². The fraction of sp³-hybridized carbons (Fsp3) is 0.300. The minimum Gasteiger partial charge on any atom is -0.492 e. The average molecular weight is 389 g/mol. The Kier molecular flexibility index (Phi) is 5.56. The van der Waals surface area contributed by atoms with Crippen molar-refractivity contribution in [3.63, 3.8) is 0 Å². The van der Waals surface area contributed by atoms with Crippen molar-refractivity contribution in [3.05, 3.63) is 47.5 Å². The Morgan fingerprint density at radius 1 is 1.33 bits per heavy atom. The van der Waals surface area contributed by atoms with Gasteiger partial charge in [0.2, 0.25) is 5.91 Å². The number of carbonyl (C=O) groups excluding carboxylic acids is 2. The summed E-state index contributed by atoms with van der Waals surface area (Å²) in [6.45, 7) is 5.67. The quantitative estimate of drug-likeness (QED) is 0.844. The number of benzene rings is 2. The molecule has 0 radical (unpaired) electrons. The van der Waals surface area contributed by atoms with Crippen LogP contribution < -0.4 is 19.7 Å². The van der Waals surface area contributed by atoms with Crippen molar-refractivity contribution >= 4 is 34.8 Å². The molecule has 2 aromatic carbocycles. The molecular formula is C20H21ClN2O4. The van der Waals surface area contributed by atoms with Crippen LogP contribution in [0.1, 0.15) is 20.8 Å². The summed E-state index contributed by atoms with van der Waals surface area (Å²) in [6.07, 6.45) is -0.690. The van der Waals surface area contributed by atoms with Gasteiger partial charge in [-0.25, -0.2) is 0 Å². The molecule has 0 fully saturated rings. The normalized spacial score (nSPS) is 17.0. The van der Waals surface area contributed by atoms with E-state index < -0.39 is 12.1 Å². The molecule has 27 heavy (non-hydrogen) atoms. The summed E-state index contributed by atoms with van der Waals surface area (Å²) in [4.78, 5) is 27.0. The molecule has 1 heterocycles. The van der Waals surface area contributed by atoms with E-state index in [4.69, 9.17) is 21.1 Å². The number of amides is 2. The van der Waals surface area contributed by atoms with Gasteiger partial charge in [-0.2, -0.15) is 0 Å². The van der Waals surface area contributed by atoms with Gasteiger partial charge in [0.05, 0.1) is 18.0 Å². The molecule has 142 valence electrons. The Balaban J connectivity index is 1.89. The number of ether oxygens (including phenoxy) is 2. The topological polar surface area (TPSA) is 67.9 Å². The Labute approximate surface area is 163 Å². The number of rotatable bonds is 5. The van der Waals surface area contributed by atoms with Crippen LogP contribution in [0.2, 0.25) is 5.02 Å². The van der Waals surface area contributed by atoms with Crippen LogP contribution in [-0.2, 0) is 9.59 Å². The summed E-state index contributed by atoms with van der Waals surface area (Å²) in [5, 5.41) is 3.30. The van der Waals surface area contributed by atoms with Gasteiger partial charge in [-0.1, -0.05) is 23.7 Å². The van der Waals surface area contributed by atoms with Gasteiger partial charge < -0.3 is 14.8 Å². The Morgan fingerprint density at radius 2 is 2.07 bits per heavy atom. The second-order valence-electron chi connectivity index (χ2n) is 6.17. The Morgan fingerprint density at radius 3 is 2.81 bits per heavy atom. The van der Waals surface area contributed by atoms with E-state index in [-0.39, 0.29) is 11.8 Å². The van der Waals surface area contributed by atoms with Gasteiger partial charge in [0, 0.05) is 5.02 Å². The van der Waals surface area contributed by atoms with E-state index in [1.54, 1.807) is 50.2 Å². The number of hydrogen-bond donors (Lipinski definition) is 1. The summed E-state index contributed by atoms with van der Waals surface area (Å²) in [5.74, 6) is 0.451. The zero-order valence-corrected chi connectivity index (χ0v) is 16.1. The van der Waals surface area contributed by atoms with E-state index in [2.05, 4.69) is 5.32 Å². The third-order valence-corrected chi connectivity index (χ3v) is 4.52. The first-order chi connectivity index (χ1) is 12.9. The molecule has 0 saturated heterocycles. The van der Waals surface area contributed by atoms with Crippen LogP contribution in [0, 0.1) is 0 Å². The van der Waals surface area contributed by atoms with Crippen molar-refractivity contribution in [2.45, 2.75) is 32.9 Å². The molecule has 1 N–H and O–H groups in total. The fourth-order valence-corrected chi connectivity index (χ4v) is 3.11. The van der Waals surface area contributed by atoms with Crippen LogP contribution in [0.3, 0.4) is 0 Å². The largest absolute Gasteiger partial charge is 0.492 e. The van der Waals surface area contributed by atoms with Crippen molar-refractivity contribution in [2.24, 2.45) is 0 Å². The van der Waals surface area contributed by atoms with Crippen LogP contribution in [0.5, 0.6) is 11.5 Å². The van der Waals surface area contributed by atoms with Crippen molar-refractivity contribution < 1.29 is 19.1 Å². The van der Waals surface area contributed by atoms with E-state index in [0.29, 0.717) is 34.5 Å². The molecule has 2 atom stereocenters. The van der Waals surface area contributed by atoms with Gasteiger partial charge in [0.15, 0.2) is 6.10 Å². The van der Waals surface area contributed by atoms with Gasteiger partial charge in [-0.05, 0) is 51.1 Å². The highest BCUT2D eigenvalue weighted by atomic mass is 35.5. The number of fused-ring (bicyclic) bond motifs is 1. The fourth-order valence-electron chi connectivity index (χ4n) is 2.94. The number of halogens is 1. The molecule has 2 unspecified atom stereocenters. The van der Waals surface area contributed by atoms with Crippen molar-refractivity contribution in [1.82, 2.24) is 0 Å². The Bertz CT molecular complexity index is 871. The van der Waals surface area contributed by atoms with E-state index >= 15 is 0 Å². The van der Waals surface area contributed by atoms with Gasteiger partial charge >= 0.3 is 0 Å². The Hall–Kier alpha value is -2.73. The zero-order chi connectivity index (χ0) is 19.6. The number of nitrogens with zero attached hydrogens (tertiary/aromatic N) is 1. The molecule has 7 heteroatoms.